The van der Waals surface area contributed by atoms with E-state index in [4.69, 9.17) is 37.0 Å². The Morgan fingerprint density at radius 3 is 0.802 bits per heavy atom. The molecule has 0 saturated heterocycles. The monoisotopic (exact) mass is 1400 g/mol. The SMILES string of the molecule is CCCCC/C=C\C/C=C\CCCCCCCC(=O)OCC(COP(=O)(O)OCC(O)COP(=O)(O)OCC(COC(=O)CCCCCCCCCCCCCCCCC)OC(=O)CCCCCCCCCCCCC)OC(=O)CCCCCCC/C=C\CCCCCCCC. The number of hydrogen-bond acceptors (Lipinski definition) is 15. The number of esters is 4. The Hall–Kier alpha value is -2.72. The van der Waals surface area contributed by atoms with Gasteiger partial charge < -0.3 is 33.8 Å². The van der Waals surface area contributed by atoms with E-state index < -0.39 is 97.5 Å². The van der Waals surface area contributed by atoms with E-state index in [-0.39, 0.29) is 25.7 Å². The van der Waals surface area contributed by atoms with Crippen LogP contribution in [0.3, 0.4) is 0 Å². The number of phosphoric acid groups is 2. The van der Waals surface area contributed by atoms with Gasteiger partial charge >= 0.3 is 39.5 Å². The summed E-state index contributed by atoms with van der Waals surface area (Å²) < 4.78 is 68.5. The van der Waals surface area contributed by atoms with E-state index in [1.54, 1.807) is 0 Å². The van der Waals surface area contributed by atoms with Gasteiger partial charge in [0.25, 0.3) is 0 Å². The van der Waals surface area contributed by atoms with Crippen LogP contribution in [0.15, 0.2) is 36.5 Å². The zero-order valence-corrected chi connectivity index (χ0v) is 63.4. The molecule has 564 valence electrons. The van der Waals surface area contributed by atoms with Crippen molar-refractivity contribution >= 4 is 39.5 Å². The summed E-state index contributed by atoms with van der Waals surface area (Å²) in [6.07, 6.45) is 65.5. The molecule has 0 aromatic heterocycles. The fraction of sp³-hybridized carbons (Fsp3) is 0.870. The van der Waals surface area contributed by atoms with Crippen LogP contribution in [0.4, 0.5) is 0 Å². The number of aliphatic hydroxyl groups is 1. The van der Waals surface area contributed by atoms with E-state index in [0.29, 0.717) is 25.7 Å². The summed E-state index contributed by atoms with van der Waals surface area (Å²) in [6.45, 7) is 4.89. The maximum absolute atomic E-state index is 13.1. The highest BCUT2D eigenvalue weighted by molar-refractivity contribution is 7.47. The highest BCUT2D eigenvalue weighted by atomic mass is 31.2. The van der Waals surface area contributed by atoms with Gasteiger partial charge in [-0.2, -0.15) is 0 Å². The average molecular weight is 1400 g/mol. The molecule has 3 N–H and O–H groups in total. The van der Waals surface area contributed by atoms with Gasteiger partial charge in [0.05, 0.1) is 26.4 Å². The molecule has 96 heavy (non-hydrogen) atoms. The van der Waals surface area contributed by atoms with Gasteiger partial charge in [0.2, 0.25) is 0 Å². The lowest BCUT2D eigenvalue weighted by molar-refractivity contribution is -0.161. The maximum atomic E-state index is 13.1. The molecule has 5 unspecified atom stereocenters. The number of ether oxygens (including phenoxy) is 4. The van der Waals surface area contributed by atoms with Crippen LogP contribution in [0.2, 0.25) is 0 Å². The van der Waals surface area contributed by atoms with Gasteiger partial charge in [-0.15, -0.1) is 0 Å². The Balaban J connectivity index is 5.29. The predicted octanol–water partition coefficient (Wildman–Crippen LogP) is 22.3. The van der Waals surface area contributed by atoms with Crippen LogP contribution < -0.4 is 0 Å². The van der Waals surface area contributed by atoms with Crippen molar-refractivity contribution in [3.05, 3.63) is 36.5 Å². The van der Waals surface area contributed by atoms with Gasteiger partial charge in [-0.05, 0) is 83.5 Å². The molecule has 0 spiro atoms. The smallest absolute Gasteiger partial charge is 0.462 e. The summed E-state index contributed by atoms with van der Waals surface area (Å²) in [5, 5.41) is 10.6. The number of hydrogen-bond donors (Lipinski definition) is 3. The van der Waals surface area contributed by atoms with Crippen LogP contribution in [0.1, 0.15) is 374 Å². The number of allylic oxidation sites excluding steroid dienone is 6. The molecule has 0 bridgehead atoms. The largest absolute Gasteiger partial charge is 0.472 e. The number of carbonyl (C=O) groups is 4. The van der Waals surface area contributed by atoms with Gasteiger partial charge in [0, 0.05) is 25.7 Å². The summed E-state index contributed by atoms with van der Waals surface area (Å²) in [7, 11) is -9.93. The number of unbranched alkanes of at least 4 members (excludes halogenated alkanes) is 43. The Morgan fingerprint density at radius 2 is 0.510 bits per heavy atom. The van der Waals surface area contributed by atoms with E-state index in [0.717, 1.165) is 128 Å². The lowest BCUT2D eigenvalue weighted by atomic mass is 10.0. The van der Waals surface area contributed by atoms with Crippen molar-refractivity contribution in [3.63, 3.8) is 0 Å². The lowest BCUT2D eigenvalue weighted by Gasteiger charge is -2.21. The zero-order valence-electron chi connectivity index (χ0n) is 61.6. The first kappa shape index (κ1) is 93.3. The number of aliphatic hydroxyl groups excluding tert-OH is 1. The third-order valence-corrected chi connectivity index (χ3v) is 19.0. The molecule has 0 amide bonds. The molecule has 0 aromatic rings. The first-order chi connectivity index (χ1) is 46.7. The Bertz CT molecular complexity index is 1970. The predicted molar refractivity (Wildman–Crippen MR) is 391 cm³/mol. The highest BCUT2D eigenvalue weighted by Gasteiger charge is 2.30. The second-order valence-electron chi connectivity index (χ2n) is 26.7. The van der Waals surface area contributed by atoms with E-state index in [1.807, 2.05) is 0 Å². The van der Waals surface area contributed by atoms with Crippen LogP contribution in [0.25, 0.3) is 0 Å². The van der Waals surface area contributed by atoms with E-state index in [2.05, 4.69) is 64.2 Å². The minimum Gasteiger partial charge on any atom is -0.462 e. The second kappa shape index (κ2) is 70.7. The maximum Gasteiger partial charge on any atom is 0.472 e. The van der Waals surface area contributed by atoms with Crippen molar-refractivity contribution in [1.82, 2.24) is 0 Å². The fourth-order valence-corrected chi connectivity index (χ4v) is 12.7. The molecule has 0 aliphatic heterocycles. The third kappa shape index (κ3) is 69.7. The zero-order chi connectivity index (χ0) is 70.4. The molecule has 0 aromatic carbocycles. The van der Waals surface area contributed by atoms with Gasteiger partial charge in [-0.25, -0.2) is 9.13 Å². The Morgan fingerprint density at radius 1 is 0.292 bits per heavy atom. The van der Waals surface area contributed by atoms with Crippen LogP contribution in [-0.2, 0) is 65.4 Å². The molecule has 5 atom stereocenters. The molecule has 0 aliphatic carbocycles. The molecular weight excluding hydrogens is 1260 g/mol. The standard InChI is InChI=1S/C77H144O17P2/c1-5-9-13-17-21-25-29-32-35-38-42-45-49-53-57-61-74(79)87-67-72(93-76(81)63-59-55-51-47-41-28-24-20-16-12-8-4)69-91-95(83,84)89-65-71(78)66-90-96(85,86)92-70-73(94-77(82)64-60-56-52-48-44-40-37-34-31-27-23-19-15-11-7-3)68-88-75(80)62-58-54-50-46-43-39-36-33-30-26-22-18-14-10-6-2/h22,26,33-34,36-37,71-73,78H,5-21,23-25,27-32,35,38-70H2,1-4H3,(H,83,84)(H,85,86)/b26-22-,36-33-,37-34-. The van der Waals surface area contributed by atoms with Crippen molar-refractivity contribution in [2.45, 2.75) is 393 Å². The van der Waals surface area contributed by atoms with Gasteiger partial charge in [0.15, 0.2) is 12.2 Å². The topological polar surface area (TPSA) is 237 Å². The van der Waals surface area contributed by atoms with Crippen LogP contribution in [-0.4, -0.2) is 96.7 Å². The van der Waals surface area contributed by atoms with Crippen molar-refractivity contribution in [2.24, 2.45) is 0 Å². The average Bonchev–Trinajstić information content (AvgIpc) is 1.09. The summed E-state index contributed by atoms with van der Waals surface area (Å²) >= 11 is 0. The minimum atomic E-state index is -4.97. The van der Waals surface area contributed by atoms with E-state index in [9.17, 15) is 43.2 Å². The summed E-state index contributed by atoms with van der Waals surface area (Å²) in [6, 6.07) is 0. The number of phosphoric ester groups is 2. The Labute approximate surface area is 585 Å². The minimum absolute atomic E-state index is 0.0881. The normalized spacial score (nSPS) is 14.1. The fourth-order valence-electron chi connectivity index (χ4n) is 11.1. The van der Waals surface area contributed by atoms with Crippen LogP contribution >= 0.6 is 15.6 Å². The third-order valence-electron chi connectivity index (χ3n) is 17.1. The van der Waals surface area contributed by atoms with Gasteiger partial charge in [-0.3, -0.25) is 37.3 Å². The van der Waals surface area contributed by atoms with Crippen molar-refractivity contribution in [3.8, 4) is 0 Å². The lowest BCUT2D eigenvalue weighted by Crippen LogP contribution is -2.30. The van der Waals surface area contributed by atoms with E-state index >= 15 is 0 Å². The molecule has 0 saturated carbocycles. The summed E-state index contributed by atoms with van der Waals surface area (Å²) in [5.74, 6) is -2.16. The van der Waals surface area contributed by atoms with E-state index in [1.165, 1.54) is 167 Å². The Kier molecular flexibility index (Phi) is 68.7. The van der Waals surface area contributed by atoms with Crippen molar-refractivity contribution in [1.29, 1.82) is 0 Å². The molecular formula is C77H144O17P2. The molecule has 17 nitrogen and oxygen atoms in total. The molecule has 19 heteroatoms. The molecule has 0 aliphatic rings. The van der Waals surface area contributed by atoms with Crippen molar-refractivity contribution in [2.75, 3.05) is 39.6 Å². The first-order valence-electron chi connectivity index (χ1n) is 39.2. The number of carbonyl (C=O) groups excluding carboxylic acids is 4. The summed E-state index contributed by atoms with van der Waals surface area (Å²) in [4.78, 5) is 72.8. The van der Waals surface area contributed by atoms with Crippen molar-refractivity contribution < 1.29 is 80.2 Å². The molecule has 0 fully saturated rings. The molecule has 0 radical (unpaired) electrons. The first-order valence-corrected chi connectivity index (χ1v) is 42.2. The second-order valence-corrected chi connectivity index (χ2v) is 29.6. The quantitative estimate of drug-likeness (QED) is 0.0169. The van der Waals surface area contributed by atoms with Gasteiger partial charge in [0.1, 0.15) is 19.3 Å². The number of rotatable bonds is 75. The highest BCUT2D eigenvalue weighted by Crippen LogP contribution is 2.45. The van der Waals surface area contributed by atoms with Crippen LogP contribution in [0.5, 0.6) is 0 Å². The van der Waals surface area contributed by atoms with Gasteiger partial charge in [-0.1, -0.05) is 302 Å². The van der Waals surface area contributed by atoms with Crippen LogP contribution in [0, 0.1) is 0 Å². The summed E-state index contributed by atoms with van der Waals surface area (Å²) in [5.41, 5.74) is 0. The molecule has 0 heterocycles. The molecule has 0 rings (SSSR count).